The predicted molar refractivity (Wildman–Crippen MR) is 72.4 cm³/mol. The summed E-state index contributed by atoms with van der Waals surface area (Å²) in [6, 6.07) is 0. The fourth-order valence-corrected chi connectivity index (χ4v) is 3.67. The molecule has 0 aliphatic carbocycles. The molecule has 1 heteroatoms. The van der Waals surface area contributed by atoms with Gasteiger partial charge in [-0.1, -0.05) is 41.5 Å². The summed E-state index contributed by atoms with van der Waals surface area (Å²) in [5, 5.41) is 4.05. The Morgan fingerprint density at radius 2 is 1.12 bits per heavy atom. The summed E-state index contributed by atoms with van der Waals surface area (Å²) in [5.41, 5.74) is 0.664. The molecular weight excluding hydrogens is 194 g/mol. The van der Waals surface area contributed by atoms with Gasteiger partial charge >= 0.3 is 0 Å². The number of hydrogen-bond donors (Lipinski definition) is 1. The number of rotatable bonds is 4. The van der Waals surface area contributed by atoms with Gasteiger partial charge in [-0.25, -0.2) is 0 Å². The molecule has 2 atom stereocenters. The average molecular weight is 224 g/mol. The second-order valence-corrected chi connectivity index (χ2v) is 5.62. The van der Waals surface area contributed by atoms with Crippen LogP contribution in [0.4, 0.5) is 0 Å². The van der Waals surface area contributed by atoms with Gasteiger partial charge in [0, 0.05) is 11.1 Å². The van der Waals surface area contributed by atoms with Crippen LogP contribution in [-0.4, -0.2) is 11.1 Å². The molecule has 1 N–H and O–H groups in total. The van der Waals surface area contributed by atoms with Crippen LogP contribution in [0.5, 0.6) is 0 Å². The first-order valence-electron chi connectivity index (χ1n) is 7.14. The van der Waals surface area contributed by atoms with Crippen LogP contribution in [0.1, 0.15) is 67.2 Å². The summed E-state index contributed by atoms with van der Waals surface area (Å²) < 4.78 is 0. The van der Waals surface area contributed by atoms with E-state index in [0.29, 0.717) is 22.9 Å². The normalized spacial score (nSPS) is 32.6. The largest absolute Gasteiger partial charge is 0.305 e. The molecule has 1 aliphatic heterocycles. The van der Waals surface area contributed by atoms with E-state index in [0.717, 1.165) is 0 Å². The van der Waals surface area contributed by atoms with Gasteiger partial charge in [-0.3, -0.25) is 0 Å². The quantitative estimate of drug-likeness (QED) is 0.755. The third kappa shape index (κ3) is 2.03. The molecule has 1 fully saturated rings. The highest BCUT2D eigenvalue weighted by molar-refractivity contribution is 5.13. The summed E-state index contributed by atoms with van der Waals surface area (Å²) in [5.74, 6) is 1.37. The Labute approximate surface area is 102 Å². The third-order valence-electron chi connectivity index (χ3n) is 5.34. The summed E-state index contributed by atoms with van der Waals surface area (Å²) in [6.45, 7) is 14.1. The standard InChI is InChI=1S/C15H30N/c1-7-14(8-2)12(5)11-13(6)15(9-3,10-4)16-14/h11-13,16H,7-10H2,1-6H3. The van der Waals surface area contributed by atoms with Gasteiger partial charge in [0.05, 0.1) is 0 Å². The molecule has 0 bridgehead atoms. The van der Waals surface area contributed by atoms with Gasteiger partial charge in [0.15, 0.2) is 0 Å². The van der Waals surface area contributed by atoms with E-state index in [2.05, 4.69) is 53.3 Å². The minimum atomic E-state index is 0.332. The lowest BCUT2D eigenvalue weighted by atomic mass is 9.64. The van der Waals surface area contributed by atoms with E-state index < -0.39 is 0 Å². The van der Waals surface area contributed by atoms with Crippen LogP contribution in [0.15, 0.2) is 0 Å². The van der Waals surface area contributed by atoms with Crippen molar-refractivity contribution in [1.82, 2.24) is 5.32 Å². The van der Waals surface area contributed by atoms with Crippen molar-refractivity contribution >= 4 is 0 Å². The number of piperidine rings is 1. The van der Waals surface area contributed by atoms with Crippen molar-refractivity contribution in [3.8, 4) is 0 Å². The average Bonchev–Trinajstić information content (AvgIpc) is 2.31. The molecule has 95 valence electrons. The first-order valence-corrected chi connectivity index (χ1v) is 7.14. The molecule has 16 heavy (non-hydrogen) atoms. The highest BCUT2D eigenvalue weighted by Gasteiger charge is 2.47. The second kappa shape index (κ2) is 5.08. The van der Waals surface area contributed by atoms with Gasteiger partial charge in [0.1, 0.15) is 0 Å². The van der Waals surface area contributed by atoms with Gasteiger partial charge in [-0.05, 0) is 43.9 Å². The van der Waals surface area contributed by atoms with Crippen molar-refractivity contribution in [3.63, 3.8) is 0 Å². The SMILES string of the molecule is CCC1(CC)NC(CC)(CC)C(C)[CH]C1C. The Morgan fingerprint density at radius 1 is 0.812 bits per heavy atom. The van der Waals surface area contributed by atoms with Crippen LogP contribution >= 0.6 is 0 Å². The van der Waals surface area contributed by atoms with Crippen molar-refractivity contribution in [2.24, 2.45) is 11.8 Å². The summed E-state index contributed by atoms with van der Waals surface area (Å²) in [4.78, 5) is 0. The van der Waals surface area contributed by atoms with Crippen LogP contribution in [0, 0.1) is 18.3 Å². The molecule has 0 spiro atoms. The highest BCUT2D eigenvalue weighted by Crippen LogP contribution is 2.43. The van der Waals surface area contributed by atoms with Crippen LogP contribution < -0.4 is 5.32 Å². The van der Waals surface area contributed by atoms with Crippen LogP contribution in [-0.2, 0) is 0 Å². The van der Waals surface area contributed by atoms with Crippen molar-refractivity contribution in [2.75, 3.05) is 0 Å². The van der Waals surface area contributed by atoms with Crippen molar-refractivity contribution in [2.45, 2.75) is 78.3 Å². The molecule has 1 aliphatic rings. The molecular formula is C15H30N. The first-order chi connectivity index (χ1) is 7.50. The minimum Gasteiger partial charge on any atom is -0.305 e. The maximum Gasteiger partial charge on any atom is 0.0209 e. The molecule has 0 aromatic heterocycles. The Balaban J connectivity index is 2.99. The lowest BCUT2D eigenvalue weighted by Gasteiger charge is -2.56. The Bertz CT molecular complexity index is 191. The maximum absolute atomic E-state index is 4.05. The van der Waals surface area contributed by atoms with E-state index in [9.17, 15) is 0 Å². The van der Waals surface area contributed by atoms with Crippen LogP contribution in [0.3, 0.4) is 0 Å². The van der Waals surface area contributed by atoms with Gasteiger partial charge < -0.3 is 5.32 Å². The minimum absolute atomic E-state index is 0.332. The van der Waals surface area contributed by atoms with Crippen LogP contribution in [0.2, 0.25) is 0 Å². The molecule has 0 amide bonds. The fourth-order valence-electron chi connectivity index (χ4n) is 3.67. The van der Waals surface area contributed by atoms with Gasteiger partial charge in [0.2, 0.25) is 0 Å². The lowest BCUT2D eigenvalue weighted by molar-refractivity contribution is 0.0587. The third-order valence-corrected chi connectivity index (χ3v) is 5.34. The summed E-state index contributed by atoms with van der Waals surface area (Å²) >= 11 is 0. The Kier molecular flexibility index (Phi) is 4.45. The predicted octanol–water partition coefficient (Wildman–Crippen LogP) is 4.18. The van der Waals surface area contributed by atoms with E-state index in [1.54, 1.807) is 0 Å². The van der Waals surface area contributed by atoms with E-state index in [1.807, 2.05) is 0 Å². The van der Waals surface area contributed by atoms with Gasteiger partial charge in [-0.2, -0.15) is 0 Å². The van der Waals surface area contributed by atoms with E-state index in [1.165, 1.54) is 25.7 Å². The molecule has 0 saturated carbocycles. The van der Waals surface area contributed by atoms with Gasteiger partial charge in [-0.15, -0.1) is 0 Å². The molecule has 1 heterocycles. The number of hydrogen-bond acceptors (Lipinski definition) is 1. The van der Waals surface area contributed by atoms with Crippen molar-refractivity contribution in [3.05, 3.63) is 6.42 Å². The molecule has 0 aromatic rings. The van der Waals surface area contributed by atoms with Crippen LogP contribution in [0.25, 0.3) is 0 Å². The molecule has 2 unspecified atom stereocenters. The Morgan fingerprint density at radius 3 is 1.38 bits per heavy atom. The van der Waals surface area contributed by atoms with Crippen molar-refractivity contribution in [1.29, 1.82) is 0 Å². The zero-order valence-electron chi connectivity index (χ0n) is 12.1. The van der Waals surface area contributed by atoms with Crippen molar-refractivity contribution < 1.29 is 0 Å². The zero-order chi connectivity index (χ0) is 12.4. The Hall–Kier alpha value is -0.0400. The molecule has 1 radical (unpaired) electrons. The topological polar surface area (TPSA) is 12.0 Å². The molecule has 1 rings (SSSR count). The maximum atomic E-state index is 4.05. The van der Waals surface area contributed by atoms with E-state index >= 15 is 0 Å². The first kappa shape index (κ1) is 14.0. The molecule has 1 nitrogen and oxygen atoms in total. The van der Waals surface area contributed by atoms with E-state index in [4.69, 9.17) is 0 Å². The fraction of sp³-hybridized carbons (Fsp3) is 0.933. The van der Waals surface area contributed by atoms with E-state index in [-0.39, 0.29) is 0 Å². The molecule has 1 saturated heterocycles. The monoisotopic (exact) mass is 224 g/mol. The lowest BCUT2D eigenvalue weighted by Crippen LogP contribution is -2.67. The summed E-state index contributed by atoms with van der Waals surface area (Å²) in [6.07, 6.45) is 7.52. The second-order valence-electron chi connectivity index (χ2n) is 5.62. The summed E-state index contributed by atoms with van der Waals surface area (Å²) in [7, 11) is 0. The smallest absolute Gasteiger partial charge is 0.0209 e. The molecule has 0 aromatic carbocycles. The zero-order valence-corrected chi connectivity index (χ0v) is 12.1. The number of nitrogens with one attached hydrogen (secondary N) is 1. The van der Waals surface area contributed by atoms with Gasteiger partial charge in [0.25, 0.3) is 0 Å². The highest BCUT2D eigenvalue weighted by atomic mass is 15.1.